The van der Waals surface area contributed by atoms with Crippen molar-refractivity contribution < 1.29 is 0 Å². The van der Waals surface area contributed by atoms with Gasteiger partial charge in [0.2, 0.25) is 0 Å². The molecule has 0 aliphatic heterocycles. The number of hydrogen-bond donors (Lipinski definition) is 0. The third kappa shape index (κ3) is 12.1. The molecule has 0 saturated heterocycles. The Balaban J connectivity index is 0.000000660. The number of unbranched alkanes of at least 4 members (excludes halogenated alkanes) is 8. The van der Waals surface area contributed by atoms with E-state index in [1.165, 1.54) is 77.0 Å². The van der Waals surface area contributed by atoms with Crippen molar-refractivity contribution >= 4 is 32.6 Å². The molecule has 26 heavy (non-hydrogen) atoms. The molecule has 0 nitrogen and oxygen atoms in total. The van der Waals surface area contributed by atoms with Gasteiger partial charge in [-0.1, -0.05) is 52.4 Å². The third-order valence-electron chi connectivity index (χ3n) is 5.53. The predicted octanol–water partition coefficient (Wildman–Crippen LogP) is 9.17. The molecule has 0 N–H and O–H groups in total. The van der Waals surface area contributed by atoms with E-state index in [2.05, 4.69) is 63.5 Å². The summed E-state index contributed by atoms with van der Waals surface area (Å²) in [5.74, 6) is 0. The first-order valence-corrected chi connectivity index (χ1v) is 20.1. The van der Waals surface area contributed by atoms with Crippen molar-refractivity contribution in [3.8, 4) is 0 Å². The summed E-state index contributed by atoms with van der Waals surface area (Å²) < 4.78 is 6.67. The van der Waals surface area contributed by atoms with Crippen LogP contribution in [-0.2, 0) is 0 Å². The quantitative estimate of drug-likeness (QED) is 0.171. The molecule has 0 unspecified atom stereocenters. The molecule has 154 valence electrons. The van der Waals surface area contributed by atoms with Crippen molar-refractivity contribution in [3.05, 3.63) is 17.5 Å². The molecule has 2 heteroatoms. The van der Waals surface area contributed by atoms with Crippen molar-refractivity contribution in [1.82, 2.24) is 0 Å². The predicted molar refractivity (Wildman–Crippen MR) is 128 cm³/mol. The normalized spacial score (nSPS) is 11.3. The average molecular weight is 487 g/mol. The van der Waals surface area contributed by atoms with Crippen molar-refractivity contribution in [2.75, 3.05) is 0 Å². The Morgan fingerprint density at radius 3 is 1.35 bits per heavy atom. The van der Waals surface area contributed by atoms with Crippen LogP contribution in [0.25, 0.3) is 0 Å². The second kappa shape index (κ2) is 18.8. The minimum atomic E-state index is -2.01. The van der Waals surface area contributed by atoms with E-state index in [1.807, 2.05) is 2.89 Å². The van der Waals surface area contributed by atoms with Gasteiger partial charge in [0.05, 0.1) is 0 Å². The van der Waals surface area contributed by atoms with Crippen LogP contribution >= 0.6 is 11.3 Å². The SMILES string of the molecule is CCCCCCCC.CCC[CH2][Sn]([CH2]CCC)([CH2]CCC)[c]1cccs1. The van der Waals surface area contributed by atoms with Gasteiger partial charge in [-0.15, -0.1) is 0 Å². The first-order valence-electron chi connectivity index (χ1n) is 11.7. The first-order chi connectivity index (χ1) is 12.7. The Hall–Kier alpha value is 0.499. The van der Waals surface area contributed by atoms with Crippen LogP contribution in [0.4, 0.5) is 0 Å². The van der Waals surface area contributed by atoms with Gasteiger partial charge < -0.3 is 0 Å². The summed E-state index contributed by atoms with van der Waals surface area (Å²) in [7, 11) is 0. The van der Waals surface area contributed by atoms with Crippen molar-refractivity contribution in [3.63, 3.8) is 0 Å². The van der Waals surface area contributed by atoms with Gasteiger partial charge in [0.15, 0.2) is 0 Å². The standard InChI is InChI=1S/C8H18.C4H3S.3C4H9.Sn/c1-3-5-7-8-6-4-2;1-2-4-5-3-1;3*1-3-4-2;/h3-8H2,1-2H3;1-3H;3*1,3-4H2,2H3;. The Labute approximate surface area is 174 Å². The first kappa shape index (κ1) is 26.5. The van der Waals surface area contributed by atoms with Gasteiger partial charge in [0, 0.05) is 0 Å². The molecule has 0 atom stereocenters. The molecule has 1 aromatic heterocycles. The van der Waals surface area contributed by atoms with E-state index in [4.69, 9.17) is 0 Å². The van der Waals surface area contributed by atoms with E-state index in [0.717, 1.165) is 0 Å². The second-order valence-corrected chi connectivity index (χ2v) is 23.1. The van der Waals surface area contributed by atoms with Gasteiger partial charge in [-0.2, -0.15) is 0 Å². The van der Waals surface area contributed by atoms with E-state index in [1.54, 1.807) is 13.3 Å². The number of thiophene rings is 1. The third-order valence-corrected chi connectivity index (χ3v) is 24.8. The Kier molecular flexibility index (Phi) is 19.2. The molecule has 0 spiro atoms. The molecule has 0 aliphatic carbocycles. The zero-order valence-electron chi connectivity index (χ0n) is 18.7. The zero-order valence-corrected chi connectivity index (χ0v) is 22.4. The molecule has 1 rings (SSSR count). The van der Waals surface area contributed by atoms with Gasteiger partial charge in [0.1, 0.15) is 0 Å². The Morgan fingerprint density at radius 2 is 1.04 bits per heavy atom. The summed E-state index contributed by atoms with van der Waals surface area (Å²) in [5, 5.41) is 2.31. The second-order valence-electron chi connectivity index (χ2n) is 7.98. The summed E-state index contributed by atoms with van der Waals surface area (Å²) in [4.78, 5) is 0. The molecule has 0 radical (unpaired) electrons. The minimum absolute atomic E-state index is 1.36. The number of hydrogen-bond acceptors (Lipinski definition) is 1. The van der Waals surface area contributed by atoms with E-state index >= 15 is 0 Å². The molecule has 0 amide bonds. The van der Waals surface area contributed by atoms with E-state index in [9.17, 15) is 0 Å². The van der Waals surface area contributed by atoms with Crippen LogP contribution in [0.1, 0.15) is 112 Å². The van der Waals surface area contributed by atoms with Crippen LogP contribution < -0.4 is 2.89 Å². The fourth-order valence-corrected chi connectivity index (χ4v) is 23.6. The Bertz CT molecular complexity index is 344. The van der Waals surface area contributed by atoms with Crippen LogP contribution in [0.3, 0.4) is 0 Å². The van der Waals surface area contributed by atoms with Crippen LogP contribution in [0, 0.1) is 0 Å². The fourth-order valence-electron chi connectivity index (χ4n) is 3.72. The van der Waals surface area contributed by atoms with E-state index in [-0.39, 0.29) is 0 Å². The maximum absolute atomic E-state index is 2.47. The Morgan fingerprint density at radius 1 is 0.615 bits per heavy atom. The molecule has 0 bridgehead atoms. The van der Waals surface area contributed by atoms with Crippen LogP contribution in [0.15, 0.2) is 17.5 Å². The zero-order chi connectivity index (χ0) is 19.5. The molecule has 1 aromatic rings. The average Bonchev–Trinajstić information content (AvgIpc) is 3.21. The van der Waals surface area contributed by atoms with Crippen LogP contribution in [-0.4, -0.2) is 18.4 Å². The maximum atomic E-state index is 2.47. The molecule has 0 aromatic carbocycles. The summed E-state index contributed by atoms with van der Waals surface area (Å²) in [6.45, 7) is 11.6. The van der Waals surface area contributed by atoms with Gasteiger partial charge in [-0.05, 0) is 0 Å². The summed E-state index contributed by atoms with van der Waals surface area (Å²) >= 11 is 0.0608. The van der Waals surface area contributed by atoms with Gasteiger partial charge in [-0.25, -0.2) is 0 Å². The monoisotopic (exact) mass is 488 g/mol. The molecule has 0 fully saturated rings. The van der Waals surface area contributed by atoms with Crippen LogP contribution in [0.5, 0.6) is 0 Å². The molecule has 1 heterocycles. The van der Waals surface area contributed by atoms with Gasteiger partial charge in [0.25, 0.3) is 0 Å². The molecule has 0 saturated carbocycles. The molecular formula is C24H48SSn. The molecular weight excluding hydrogens is 439 g/mol. The van der Waals surface area contributed by atoms with Crippen molar-refractivity contribution in [2.45, 2.75) is 125 Å². The van der Waals surface area contributed by atoms with Crippen molar-refractivity contribution in [2.24, 2.45) is 0 Å². The van der Waals surface area contributed by atoms with E-state index < -0.39 is 18.4 Å². The van der Waals surface area contributed by atoms with Gasteiger partial charge >= 0.3 is 123 Å². The summed E-state index contributed by atoms with van der Waals surface area (Å²) in [5.41, 5.74) is 0. The summed E-state index contributed by atoms with van der Waals surface area (Å²) in [6, 6.07) is 4.76. The topological polar surface area (TPSA) is 0 Å². The summed E-state index contributed by atoms with van der Waals surface area (Å²) in [6.07, 6.45) is 17.0. The van der Waals surface area contributed by atoms with Gasteiger partial charge in [-0.3, -0.25) is 0 Å². The number of rotatable bonds is 15. The van der Waals surface area contributed by atoms with Crippen molar-refractivity contribution in [1.29, 1.82) is 0 Å². The molecule has 0 aliphatic rings. The fraction of sp³-hybridized carbons (Fsp3) is 0.833. The van der Waals surface area contributed by atoms with E-state index in [0.29, 0.717) is 0 Å². The van der Waals surface area contributed by atoms with Crippen LogP contribution in [0.2, 0.25) is 13.3 Å².